The molecule has 252 valence electrons. The SMILES string of the molecule is O=C(NCc1ccc(OC(F)(F)F)cc1)[C@H]1CN(c2nn3c(CO)cc(=O)nc3s2)CCN1S(=O)(=O)c1ccc(OC(F)(F)F)cc1. The molecule has 2 aromatic heterocycles. The molecule has 0 unspecified atom stereocenters. The molecule has 3 heterocycles. The highest BCUT2D eigenvalue weighted by molar-refractivity contribution is 7.89. The molecule has 0 spiro atoms. The van der Waals surface area contributed by atoms with E-state index < -0.39 is 63.3 Å². The van der Waals surface area contributed by atoms with Crippen molar-refractivity contribution in [1.82, 2.24) is 24.2 Å². The molecule has 0 radical (unpaired) electrons. The number of carbonyl (C=O) groups excluding carboxylic acids is 1. The molecule has 21 heteroatoms. The second-order valence-electron chi connectivity index (χ2n) is 9.83. The summed E-state index contributed by atoms with van der Waals surface area (Å²) in [6, 6.07) is 7.67. The number of halogens is 6. The first-order valence-electron chi connectivity index (χ1n) is 13.3. The number of aliphatic hydroxyl groups is 1. The van der Waals surface area contributed by atoms with Crippen molar-refractivity contribution in [2.24, 2.45) is 0 Å². The topological polar surface area (TPSA) is 156 Å². The highest BCUT2D eigenvalue weighted by Gasteiger charge is 2.41. The van der Waals surface area contributed by atoms with Gasteiger partial charge in [-0.15, -0.1) is 31.4 Å². The zero-order chi connectivity index (χ0) is 34.1. The number of sulfonamides is 1. The van der Waals surface area contributed by atoms with Crippen LogP contribution in [-0.4, -0.2) is 76.7 Å². The summed E-state index contributed by atoms with van der Waals surface area (Å²) >= 11 is 0.946. The molecule has 5 rings (SSSR count). The maximum Gasteiger partial charge on any atom is 0.573 e. The number of hydrogen-bond donors (Lipinski definition) is 2. The summed E-state index contributed by atoms with van der Waals surface area (Å²) in [6.07, 6.45) is -9.91. The summed E-state index contributed by atoms with van der Waals surface area (Å²) in [6.45, 7) is -1.34. The van der Waals surface area contributed by atoms with Crippen LogP contribution in [0.15, 0.2) is 64.3 Å². The second-order valence-corrected chi connectivity index (χ2v) is 12.7. The molecule has 1 atom stereocenters. The van der Waals surface area contributed by atoms with Gasteiger partial charge in [0.25, 0.3) is 5.56 Å². The third-order valence-corrected chi connectivity index (χ3v) is 9.56. The van der Waals surface area contributed by atoms with Gasteiger partial charge < -0.3 is 24.8 Å². The molecule has 2 aromatic carbocycles. The van der Waals surface area contributed by atoms with Gasteiger partial charge in [0.2, 0.25) is 26.0 Å². The number of nitrogens with one attached hydrogen (secondary N) is 1. The lowest BCUT2D eigenvalue weighted by atomic mass is 10.2. The molecule has 0 saturated carbocycles. The molecule has 1 amide bonds. The van der Waals surface area contributed by atoms with Crippen LogP contribution in [0, 0.1) is 0 Å². The zero-order valence-electron chi connectivity index (χ0n) is 23.5. The Morgan fingerprint density at radius 2 is 1.57 bits per heavy atom. The minimum atomic E-state index is -5.01. The van der Waals surface area contributed by atoms with E-state index in [1.54, 1.807) is 4.90 Å². The molecule has 0 bridgehead atoms. The van der Waals surface area contributed by atoms with Gasteiger partial charge in [0.15, 0.2) is 0 Å². The van der Waals surface area contributed by atoms with Crippen molar-refractivity contribution >= 4 is 37.4 Å². The van der Waals surface area contributed by atoms with Gasteiger partial charge in [-0.25, -0.2) is 12.9 Å². The monoisotopic (exact) mass is 708 g/mol. The van der Waals surface area contributed by atoms with E-state index in [2.05, 4.69) is 24.9 Å². The fraction of sp³-hybridized carbons (Fsp3) is 0.308. The van der Waals surface area contributed by atoms with Crippen molar-refractivity contribution < 1.29 is 54.1 Å². The molecule has 47 heavy (non-hydrogen) atoms. The number of aliphatic hydroxyl groups excluding tert-OH is 1. The van der Waals surface area contributed by atoms with E-state index in [-0.39, 0.29) is 42.0 Å². The van der Waals surface area contributed by atoms with Crippen LogP contribution in [-0.2, 0) is 28.0 Å². The molecule has 0 aliphatic carbocycles. The number of nitrogens with zero attached hydrogens (tertiary/aromatic N) is 5. The Hall–Kier alpha value is -4.47. The number of carbonyl (C=O) groups is 1. The number of ether oxygens (including phenoxy) is 2. The fourth-order valence-electron chi connectivity index (χ4n) is 4.61. The van der Waals surface area contributed by atoms with Gasteiger partial charge in [-0.1, -0.05) is 23.5 Å². The number of fused-ring (bicyclic) bond motifs is 1. The van der Waals surface area contributed by atoms with Crippen LogP contribution in [0.5, 0.6) is 11.5 Å². The van der Waals surface area contributed by atoms with Crippen LogP contribution >= 0.6 is 11.3 Å². The number of anilines is 1. The number of piperazine rings is 1. The third kappa shape index (κ3) is 8.10. The Morgan fingerprint density at radius 1 is 0.979 bits per heavy atom. The summed E-state index contributed by atoms with van der Waals surface area (Å²) in [7, 11) is -4.49. The Bertz CT molecular complexity index is 1920. The maximum absolute atomic E-state index is 13.7. The fourth-order valence-corrected chi connectivity index (χ4v) is 7.14. The normalized spacial score (nSPS) is 16.3. The quantitative estimate of drug-likeness (QED) is 0.248. The maximum atomic E-state index is 13.7. The summed E-state index contributed by atoms with van der Waals surface area (Å²) < 4.78 is 112. The zero-order valence-corrected chi connectivity index (χ0v) is 25.2. The average molecular weight is 709 g/mol. The summed E-state index contributed by atoms with van der Waals surface area (Å²) in [4.78, 5) is 30.6. The molecular weight excluding hydrogens is 686 g/mol. The smallest absolute Gasteiger partial charge is 0.406 e. The Labute approximate surface area is 264 Å². The van der Waals surface area contributed by atoms with E-state index in [0.717, 1.165) is 58.1 Å². The van der Waals surface area contributed by atoms with Crippen molar-refractivity contribution in [2.45, 2.75) is 36.8 Å². The van der Waals surface area contributed by atoms with Gasteiger partial charge in [0, 0.05) is 32.2 Å². The molecular formula is C26H22F6N6O7S2. The molecule has 2 N–H and O–H groups in total. The Kier molecular flexibility index (Phi) is 9.35. The van der Waals surface area contributed by atoms with E-state index in [0.29, 0.717) is 5.56 Å². The highest BCUT2D eigenvalue weighted by Crippen LogP contribution is 2.30. The summed E-state index contributed by atoms with van der Waals surface area (Å²) in [5.41, 5.74) is -0.126. The van der Waals surface area contributed by atoms with E-state index >= 15 is 0 Å². The number of hydrogen-bond acceptors (Lipinski definition) is 11. The number of aromatic nitrogens is 3. The van der Waals surface area contributed by atoms with Gasteiger partial charge in [-0.2, -0.15) is 9.29 Å². The molecule has 13 nitrogen and oxygen atoms in total. The second kappa shape index (κ2) is 13.0. The summed E-state index contributed by atoms with van der Waals surface area (Å²) in [5, 5.41) is 16.8. The first-order valence-corrected chi connectivity index (χ1v) is 15.5. The standard InChI is InChI=1S/C26H22F6N6O7S2/c27-25(28,29)44-17-3-1-15(2-4-17)12-33-22(41)20-13-36(24-35-38-16(14-39)11-21(40)34-23(38)46-24)9-10-37(20)47(42,43)19-7-5-18(6-8-19)45-26(30,31)32/h1-8,11,20,39H,9-10,12-14H2,(H,33,41)/t20-/m1/s1. The lowest BCUT2D eigenvalue weighted by Gasteiger charge is -2.39. The van der Waals surface area contributed by atoms with Crippen LogP contribution in [0.25, 0.3) is 4.96 Å². The molecule has 1 aliphatic rings. The first-order chi connectivity index (χ1) is 22.0. The number of benzene rings is 2. The van der Waals surface area contributed by atoms with Crippen LogP contribution in [0.1, 0.15) is 11.3 Å². The Morgan fingerprint density at radius 3 is 2.15 bits per heavy atom. The first kappa shape index (κ1) is 33.9. The molecule has 4 aromatic rings. The van der Waals surface area contributed by atoms with Crippen molar-refractivity contribution in [3.05, 3.63) is 76.2 Å². The average Bonchev–Trinajstić information content (AvgIpc) is 3.42. The van der Waals surface area contributed by atoms with E-state index in [1.807, 2.05) is 0 Å². The van der Waals surface area contributed by atoms with Gasteiger partial charge in [-0.3, -0.25) is 9.59 Å². The largest absolute Gasteiger partial charge is 0.573 e. The van der Waals surface area contributed by atoms with Gasteiger partial charge in [0.1, 0.15) is 17.5 Å². The van der Waals surface area contributed by atoms with E-state index in [1.165, 1.54) is 16.6 Å². The minimum absolute atomic E-state index is 0.0159. The van der Waals surface area contributed by atoms with Gasteiger partial charge >= 0.3 is 12.7 Å². The van der Waals surface area contributed by atoms with Gasteiger partial charge in [-0.05, 0) is 42.0 Å². The van der Waals surface area contributed by atoms with Crippen molar-refractivity contribution in [1.29, 1.82) is 0 Å². The van der Waals surface area contributed by atoms with Gasteiger partial charge in [0.05, 0.1) is 17.2 Å². The number of alkyl halides is 6. The summed E-state index contributed by atoms with van der Waals surface area (Å²) in [5.74, 6) is -1.96. The van der Waals surface area contributed by atoms with Crippen LogP contribution in [0.2, 0.25) is 0 Å². The third-order valence-electron chi connectivity index (χ3n) is 6.67. The predicted octanol–water partition coefficient (Wildman–Crippen LogP) is 2.64. The van der Waals surface area contributed by atoms with E-state index in [4.69, 9.17) is 0 Å². The van der Waals surface area contributed by atoms with E-state index in [9.17, 15) is 49.5 Å². The van der Waals surface area contributed by atoms with Crippen molar-refractivity contribution in [3.8, 4) is 11.5 Å². The van der Waals surface area contributed by atoms with Crippen LogP contribution < -0.4 is 25.2 Å². The van der Waals surface area contributed by atoms with Crippen LogP contribution in [0.3, 0.4) is 0 Å². The number of amides is 1. The molecule has 1 saturated heterocycles. The van der Waals surface area contributed by atoms with Crippen molar-refractivity contribution in [3.63, 3.8) is 0 Å². The minimum Gasteiger partial charge on any atom is -0.406 e. The number of rotatable bonds is 9. The highest BCUT2D eigenvalue weighted by atomic mass is 32.2. The lowest BCUT2D eigenvalue weighted by molar-refractivity contribution is -0.275. The van der Waals surface area contributed by atoms with Crippen molar-refractivity contribution in [2.75, 3.05) is 24.5 Å². The molecule has 1 aliphatic heterocycles. The predicted molar refractivity (Wildman–Crippen MR) is 151 cm³/mol. The Balaban J connectivity index is 1.41. The lowest BCUT2D eigenvalue weighted by Crippen LogP contribution is -2.60. The molecule has 1 fully saturated rings. The van der Waals surface area contributed by atoms with Crippen LogP contribution in [0.4, 0.5) is 31.5 Å².